The second-order valence-corrected chi connectivity index (χ2v) is 4.39. The summed E-state index contributed by atoms with van der Waals surface area (Å²) < 4.78 is 10.1. The van der Waals surface area contributed by atoms with Crippen molar-refractivity contribution in [3.8, 4) is 0 Å². The molecule has 0 atom stereocenters. The van der Waals surface area contributed by atoms with Crippen molar-refractivity contribution >= 4 is 18.0 Å². The van der Waals surface area contributed by atoms with Crippen LogP contribution in [0.25, 0.3) is 0 Å². The Morgan fingerprint density at radius 3 is 2.70 bits per heavy atom. The molecule has 8 heteroatoms. The number of esters is 1. The van der Waals surface area contributed by atoms with Gasteiger partial charge in [0.2, 0.25) is 0 Å². The molecule has 0 spiro atoms. The Morgan fingerprint density at radius 2 is 2.10 bits per heavy atom. The average molecular weight is 283 g/mol. The molecule has 1 aromatic rings. The minimum Gasteiger partial charge on any atom is -0.480 e. The van der Waals surface area contributed by atoms with Crippen LogP contribution in [-0.4, -0.2) is 66.3 Å². The zero-order valence-corrected chi connectivity index (χ0v) is 11.2. The van der Waals surface area contributed by atoms with Crippen LogP contribution in [0.15, 0.2) is 10.7 Å². The van der Waals surface area contributed by atoms with Crippen molar-refractivity contribution < 1.29 is 23.8 Å². The Hall–Kier alpha value is -2.09. The van der Waals surface area contributed by atoms with Crippen molar-refractivity contribution in [3.05, 3.63) is 12.0 Å². The van der Waals surface area contributed by atoms with E-state index in [1.54, 1.807) is 6.92 Å². The number of aromatic nitrogens is 1. The fourth-order valence-corrected chi connectivity index (χ4v) is 2.00. The maximum absolute atomic E-state index is 11.5. The summed E-state index contributed by atoms with van der Waals surface area (Å²) in [4.78, 5) is 29.9. The lowest BCUT2D eigenvalue weighted by molar-refractivity contribution is -0.138. The number of anilines is 1. The SMILES string of the molecule is CCOC(=O)c1coc(N2CCN(CC(=O)O)CC2)n1. The smallest absolute Gasteiger partial charge is 0.360 e. The number of carboxylic acids is 1. The van der Waals surface area contributed by atoms with E-state index >= 15 is 0 Å². The summed E-state index contributed by atoms with van der Waals surface area (Å²) in [5.74, 6) is -1.34. The van der Waals surface area contributed by atoms with Crippen LogP contribution >= 0.6 is 0 Å². The van der Waals surface area contributed by atoms with E-state index in [0.29, 0.717) is 32.2 Å². The summed E-state index contributed by atoms with van der Waals surface area (Å²) in [6, 6.07) is 0.364. The number of ether oxygens (including phenoxy) is 1. The molecule has 0 aliphatic carbocycles. The lowest BCUT2D eigenvalue weighted by atomic mass is 10.3. The van der Waals surface area contributed by atoms with Gasteiger partial charge in [0.05, 0.1) is 13.2 Å². The first kappa shape index (κ1) is 14.3. The van der Waals surface area contributed by atoms with Gasteiger partial charge in [-0.25, -0.2) is 4.79 Å². The van der Waals surface area contributed by atoms with Gasteiger partial charge in [0.1, 0.15) is 6.26 Å². The highest BCUT2D eigenvalue weighted by Crippen LogP contribution is 2.16. The van der Waals surface area contributed by atoms with Gasteiger partial charge in [0.15, 0.2) is 5.69 Å². The summed E-state index contributed by atoms with van der Waals surface area (Å²) in [5, 5.41) is 8.73. The van der Waals surface area contributed by atoms with E-state index in [2.05, 4.69) is 4.98 Å². The van der Waals surface area contributed by atoms with Gasteiger partial charge in [-0.15, -0.1) is 0 Å². The molecule has 1 aliphatic heterocycles. The van der Waals surface area contributed by atoms with Crippen LogP contribution in [-0.2, 0) is 9.53 Å². The third-order valence-corrected chi connectivity index (χ3v) is 2.98. The molecule has 0 amide bonds. The van der Waals surface area contributed by atoms with E-state index in [1.807, 2.05) is 9.80 Å². The summed E-state index contributed by atoms with van der Waals surface area (Å²) >= 11 is 0. The zero-order valence-electron chi connectivity index (χ0n) is 11.2. The summed E-state index contributed by atoms with van der Waals surface area (Å²) in [7, 11) is 0. The standard InChI is InChI=1S/C12H17N3O5/c1-2-19-11(18)9-8-20-12(13-9)15-5-3-14(4-6-15)7-10(16)17/h8H,2-7H2,1H3,(H,16,17). The molecule has 0 bridgehead atoms. The second kappa shape index (κ2) is 6.38. The molecule has 0 saturated carbocycles. The first-order valence-corrected chi connectivity index (χ1v) is 6.42. The Labute approximate surface area is 115 Å². The molecule has 1 fully saturated rings. The second-order valence-electron chi connectivity index (χ2n) is 4.39. The number of carbonyl (C=O) groups is 2. The summed E-state index contributed by atoms with van der Waals surface area (Å²) in [5.41, 5.74) is 0.148. The van der Waals surface area contributed by atoms with Crippen LogP contribution in [0.2, 0.25) is 0 Å². The van der Waals surface area contributed by atoms with Gasteiger partial charge >= 0.3 is 11.9 Å². The molecule has 1 saturated heterocycles. The fraction of sp³-hybridized carbons (Fsp3) is 0.583. The molecule has 8 nitrogen and oxygen atoms in total. The van der Waals surface area contributed by atoms with Crippen molar-refractivity contribution in [3.63, 3.8) is 0 Å². The molecule has 2 rings (SSSR count). The van der Waals surface area contributed by atoms with Gasteiger partial charge in [0.25, 0.3) is 6.01 Å². The Balaban J connectivity index is 1.91. The van der Waals surface area contributed by atoms with E-state index in [0.717, 1.165) is 0 Å². The van der Waals surface area contributed by atoms with Gasteiger partial charge in [0, 0.05) is 26.2 Å². The van der Waals surface area contributed by atoms with Crippen LogP contribution in [0.4, 0.5) is 6.01 Å². The van der Waals surface area contributed by atoms with Crippen LogP contribution in [0.3, 0.4) is 0 Å². The third kappa shape index (κ3) is 3.47. The molecule has 110 valence electrons. The van der Waals surface area contributed by atoms with Gasteiger partial charge in [-0.3, -0.25) is 9.69 Å². The number of carbonyl (C=O) groups excluding carboxylic acids is 1. The number of rotatable bonds is 5. The highest BCUT2D eigenvalue weighted by Gasteiger charge is 2.23. The van der Waals surface area contributed by atoms with Crippen LogP contribution in [0.1, 0.15) is 17.4 Å². The molecule has 0 unspecified atom stereocenters. The van der Waals surface area contributed by atoms with E-state index in [-0.39, 0.29) is 18.8 Å². The number of carboxylic acid groups (broad SMARTS) is 1. The number of hydrogen-bond donors (Lipinski definition) is 1. The van der Waals surface area contributed by atoms with E-state index in [4.69, 9.17) is 14.3 Å². The molecular weight excluding hydrogens is 266 g/mol. The number of oxazole rings is 1. The largest absolute Gasteiger partial charge is 0.480 e. The zero-order chi connectivity index (χ0) is 14.5. The van der Waals surface area contributed by atoms with Crippen molar-refractivity contribution in [2.24, 2.45) is 0 Å². The highest BCUT2D eigenvalue weighted by atomic mass is 16.5. The Morgan fingerprint density at radius 1 is 1.40 bits per heavy atom. The molecule has 2 heterocycles. The minimum absolute atomic E-state index is 0.0352. The van der Waals surface area contributed by atoms with Crippen molar-refractivity contribution in [1.29, 1.82) is 0 Å². The van der Waals surface area contributed by atoms with Gasteiger partial charge in [-0.05, 0) is 6.92 Å². The van der Waals surface area contributed by atoms with Crippen molar-refractivity contribution in [1.82, 2.24) is 9.88 Å². The van der Waals surface area contributed by atoms with Crippen molar-refractivity contribution in [2.45, 2.75) is 6.92 Å². The summed E-state index contributed by atoms with van der Waals surface area (Å²) in [6.45, 7) is 4.49. The number of piperazine rings is 1. The van der Waals surface area contributed by atoms with Crippen molar-refractivity contribution in [2.75, 3.05) is 44.2 Å². The first-order valence-electron chi connectivity index (χ1n) is 6.42. The maximum atomic E-state index is 11.5. The van der Waals surface area contributed by atoms with Gasteiger partial charge < -0.3 is 19.2 Å². The van der Waals surface area contributed by atoms with Gasteiger partial charge in [-0.1, -0.05) is 0 Å². The number of aliphatic carboxylic acids is 1. The number of nitrogens with zero attached hydrogens (tertiary/aromatic N) is 3. The molecule has 0 radical (unpaired) electrons. The topological polar surface area (TPSA) is 96.1 Å². The molecule has 1 aliphatic rings. The number of hydrogen-bond acceptors (Lipinski definition) is 7. The van der Waals surface area contributed by atoms with E-state index in [9.17, 15) is 9.59 Å². The predicted molar refractivity (Wildman–Crippen MR) is 68.7 cm³/mol. The molecule has 20 heavy (non-hydrogen) atoms. The van der Waals surface area contributed by atoms with E-state index < -0.39 is 11.9 Å². The molecular formula is C12H17N3O5. The minimum atomic E-state index is -0.834. The predicted octanol–water partition coefficient (Wildman–Crippen LogP) is 0.0579. The monoisotopic (exact) mass is 283 g/mol. The average Bonchev–Trinajstić information content (AvgIpc) is 2.89. The lowest BCUT2D eigenvalue weighted by Gasteiger charge is -2.32. The Kier molecular flexibility index (Phi) is 4.57. The van der Waals surface area contributed by atoms with Gasteiger partial charge in [-0.2, -0.15) is 4.98 Å². The normalized spacial score (nSPS) is 16.1. The lowest BCUT2D eigenvalue weighted by Crippen LogP contribution is -2.48. The quantitative estimate of drug-likeness (QED) is 0.758. The van der Waals surface area contributed by atoms with Crippen LogP contribution in [0.5, 0.6) is 0 Å². The highest BCUT2D eigenvalue weighted by molar-refractivity contribution is 5.87. The third-order valence-electron chi connectivity index (χ3n) is 2.98. The molecule has 1 N–H and O–H groups in total. The van der Waals surface area contributed by atoms with Crippen LogP contribution < -0.4 is 4.90 Å². The molecule has 0 aromatic carbocycles. The van der Waals surface area contributed by atoms with Crippen LogP contribution in [0, 0.1) is 0 Å². The first-order chi connectivity index (χ1) is 9.60. The summed E-state index contributed by atoms with van der Waals surface area (Å²) in [6.07, 6.45) is 1.27. The molecule has 1 aromatic heterocycles. The van der Waals surface area contributed by atoms with E-state index in [1.165, 1.54) is 6.26 Å². The fourth-order valence-electron chi connectivity index (χ4n) is 2.00. The maximum Gasteiger partial charge on any atom is 0.360 e. The Bertz CT molecular complexity index is 479.